The van der Waals surface area contributed by atoms with Crippen molar-refractivity contribution >= 4 is 27.9 Å². The molecule has 0 spiro atoms. The molecular weight excluding hydrogens is 465 g/mol. The predicted octanol–water partition coefficient (Wildman–Crippen LogP) is 5.75. The molecule has 0 bridgehead atoms. The van der Waals surface area contributed by atoms with Gasteiger partial charge in [0, 0.05) is 19.2 Å². The van der Waals surface area contributed by atoms with Crippen LogP contribution in [0.15, 0.2) is 53.0 Å². The van der Waals surface area contributed by atoms with E-state index in [1.165, 1.54) is 12.2 Å². The van der Waals surface area contributed by atoms with Crippen molar-refractivity contribution in [2.24, 2.45) is 5.41 Å². The number of benzene rings is 2. The zero-order valence-corrected chi connectivity index (χ0v) is 19.9. The van der Waals surface area contributed by atoms with Crippen LogP contribution in [0.1, 0.15) is 54.9 Å². The number of halogens is 2. The molecule has 0 fully saturated rings. The SMILES string of the molecule is COC(=O)C(CCCC(C)(C)CN(C)OC(=O)c1ccccc1)c1cccc(Br)c1F. The number of hydrogen-bond acceptors (Lipinski definition) is 5. The number of carbonyl (C=O) groups excluding carboxylic acids is 2. The van der Waals surface area contributed by atoms with Crippen molar-refractivity contribution in [3.05, 3.63) is 69.9 Å². The van der Waals surface area contributed by atoms with Gasteiger partial charge in [-0.2, -0.15) is 0 Å². The molecule has 0 saturated carbocycles. The summed E-state index contributed by atoms with van der Waals surface area (Å²) in [6.07, 6.45) is 1.89. The first kappa shape index (κ1) is 25.0. The molecule has 2 rings (SSSR count). The van der Waals surface area contributed by atoms with Crippen LogP contribution in [0.3, 0.4) is 0 Å². The van der Waals surface area contributed by atoms with Crippen LogP contribution in [0.2, 0.25) is 0 Å². The summed E-state index contributed by atoms with van der Waals surface area (Å²) in [7, 11) is 3.03. The van der Waals surface area contributed by atoms with Gasteiger partial charge >= 0.3 is 11.9 Å². The number of esters is 1. The molecule has 0 N–H and O–H groups in total. The molecule has 0 saturated heterocycles. The molecule has 0 amide bonds. The molecule has 2 aromatic rings. The molecule has 0 radical (unpaired) electrons. The van der Waals surface area contributed by atoms with E-state index in [1.807, 2.05) is 6.07 Å². The Balaban J connectivity index is 1.94. The fraction of sp³-hybridized carbons (Fsp3) is 0.417. The molecule has 1 atom stereocenters. The van der Waals surface area contributed by atoms with Crippen LogP contribution in [0.25, 0.3) is 0 Å². The summed E-state index contributed by atoms with van der Waals surface area (Å²) in [5, 5.41) is 1.53. The Morgan fingerprint density at radius 1 is 1.13 bits per heavy atom. The molecular formula is C24H29BrFNO4. The number of hydrogen-bond donors (Lipinski definition) is 0. The van der Waals surface area contributed by atoms with Gasteiger partial charge in [0.15, 0.2) is 0 Å². The van der Waals surface area contributed by atoms with E-state index in [0.29, 0.717) is 35.0 Å². The molecule has 31 heavy (non-hydrogen) atoms. The van der Waals surface area contributed by atoms with E-state index in [9.17, 15) is 14.0 Å². The molecule has 0 aliphatic carbocycles. The number of rotatable bonds is 10. The van der Waals surface area contributed by atoms with Crippen LogP contribution >= 0.6 is 15.9 Å². The van der Waals surface area contributed by atoms with Gasteiger partial charge in [0.1, 0.15) is 5.82 Å². The maximum atomic E-state index is 14.5. The molecule has 5 nitrogen and oxygen atoms in total. The van der Waals surface area contributed by atoms with E-state index in [4.69, 9.17) is 9.57 Å². The highest BCUT2D eigenvalue weighted by Crippen LogP contribution is 2.32. The molecule has 0 heterocycles. The minimum atomic E-state index is -0.674. The lowest BCUT2D eigenvalue weighted by molar-refractivity contribution is -0.142. The Morgan fingerprint density at radius 3 is 2.45 bits per heavy atom. The Labute approximate surface area is 191 Å². The van der Waals surface area contributed by atoms with Crippen LogP contribution in [0, 0.1) is 11.2 Å². The lowest BCUT2D eigenvalue weighted by Gasteiger charge is -2.29. The van der Waals surface area contributed by atoms with Crippen molar-refractivity contribution in [3.8, 4) is 0 Å². The number of hydroxylamine groups is 2. The van der Waals surface area contributed by atoms with Gasteiger partial charge < -0.3 is 9.57 Å². The van der Waals surface area contributed by atoms with E-state index in [1.54, 1.807) is 49.5 Å². The highest BCUT2D eigenvalue weighted by atomic mass is 79.9. The van der Waals surface area contributed by atoms with Gasteiger partial charge in [0.25, 0.3) is 0 Å². The molecule has 1 unspecified atom stereocenters. The van der Waals surface area contributed by atoms with Crippen LogP contribution in [0.5, 0.6) is 0 Å². The van der Waals surface area contributed by atoms with Gasteiger partial charge in [0.2, 0.25) is 0 Å². The zero-order chi connectivity index (χ0) is 23.0. The fourth-order valence-corrected chi connectivity index (χ4v) is 3.98. The Hall–Kier alpha value is -2.25. The molecule has 7 heteroatoms. The second kappa shape index (κ2) is 11.4. The van der Waals surface area contributed by atoms with Crippen LogP contribution < -0.4 is 0 Å². The minimum absolute atomic E-state index is 0.192. The van der Waals surface area contributed by atoms with Gasteiger partial charge in [0.05, 0.1) is 23.1 Å². The maximum absolute atomic E-state index is 14.5. The molecule has 0 aliphatic heterocycles. The summed E-state index contributed by atoms with van der Waals surface area (Å²) in [4.78, 5) is 29.9. The zero-order valence-electron chi connectivity index (χ0n) is 18.4. The third kappa shape index (κ3) is 7.43. The number of methoxy groups -OCH3 is 1. The fourth-order valence-electron chi connectivity index (χ4n) is 3.60. The van der Waals surface area contributed by atoms with Gasteiger partial charge in [-0.25, -0.2) is 9.18 Å². The Kier molecular flexibility index (Phi) is 9.19. The van der Waals surface area contributed by atoms with Crippen molar-refractivity contribution in [1.29, 1.82) is 0 Å². The van der Waals surface area contributed by atoms with Gasteiger partial charge in [-0.15, -0.1) is 5.06 Å². The highest BCUT2D eigenvalue weighted by molar-refractivity contribution is 9.10. The lowest BCUT2D eigenvalue weighted by atomic mass is 9.84. The normalized spacial score (nSPS) is 12.5. The quantitative estimate of drug-likeness (QED) is 0.311. The Bertz CT molecular complexity index is 888. The minimum Gasteiger partial charge on any atom is -0.469 e. The summed E-state index contributed by atoms with van der Waals surface area (Å²) >= 11 is 3.17. The smallest absolute Gasteiger partial charge is 0.357 e. The lowest BCUT2D eigenvalue weighted by Crippen LogP contribution is -2.33. The van der Waals surface area contributed by atoms with Crippen LogP contribution in [0.4, 0.5) is 4.39 Å². The van der Waals surface area contributed by atoms with Gasteiger partial charge in [-0.05, 0) is 52.4 Å². The molecule has 2 aromatic carbocycles. The van der Waals surface area contributed by atoms with E-state index in [-0.39, 0.29) is 5.41 Å². The third-order valence-corrected chi connectivity index (χ3v) is 5.70. The first-order valence-corrected chi connectivity index (χ1v) is 10.9. The first-order chi connectivity index (χ1) is 14.6. The average Bonchev–Trinajstić information content (AvgIpc) is 2.73. The largest absolute Gasteiger partial charge is 0.469 e. The van der Waals surface area contributed by atoms with E-state index in [2.05, 4.69) is 29.8 Å². The predicted molar refractivity (Wildman–Crippen MR) is 121 cm³/mol. The average molecular weight is 494 g/mol. The van der Waals surface area contributed by atoms with Crippen molar-refractivity contribution in [3.63, 3.8) is 0 Å². The highest BCUT2D eigenvalue weighted by Gasteiger charge is 2.28. The van der Waals surface area contributed by atoms with Crippen molar-refractivity contribution in [1.82, 2.24) is 5.06 Å². The first-order valence-electron chi connectivity index (χ1n) is 10.1. The van der Waals surface area contributed by atoms with Gasteiger partial charge in [-0.1, -0.05) is 50.6 Å². The maximum Gasteiger partial charge on any atom is 0.357 e. The third-order valence-electron chi connectivity index (χ3n) is 5.09. The topological polar surface area (TPSA) is 55.8 Å². The number of nitrogens with zero attached hydrogens (tertiary/aromatic N) is 1. The molecule has 168 valence electrons. The van der Waals surface area contributed by atoms with Crippen LogP contribution in [-0.2, 0) is 14.4 Å². The van der Waals surface area contributed by atoms with Gasteiger partial charge in [-0.3, -0.25) is 4.79 Å². The summed E-state index contributed by atoms with van der Waals surface area (Å²) in [5.74, 6) is -1.98. The number of carbonyl (C=O) groups is 2. The van der Waals surface area contributed by atoms with E-state index >= 15 is 0 Å². The Morgan fingerprint density at radius 2 is 1.81 bits per heavy atom. The summed E-state index contributed by atoms with van der Waals surface area (Å²) in [5.41, 5.74) is 0.624. The van der Waals surface area contributed by atoms with Crippen molar-refractivity contribution in [2.75, 3.05) is 20.7 Å². The van der Waals surface area contributed by atoms with Crippen molar-refractivity contribution < 1.29 is 23.6 Å². The van der Waals surface area contributed by atoms with E-state index < -0.39 is 23.7 Å². The second-order valence-electron chi connectivity index (χ2n) is 8.31. The summed E-state index contributed by atoms with van der Waals surface area (Å²) in [6, 6.07) is 13.7. The standard InChI is InChI=1S/C24H29BrFNO4/c1-24(2,16-27(3)31-22(28)17-10-6-5-7-11-17)15-9-13-19(23(29)30-4)18-12-8-14-20(25)21(18)26/h5-8,10-12,14,19H,9,13,15-16H2,1-4H3. The van der Waals surface area contributed by atoms with E-state index in [0.717, 1.165) is 6.42 Å². The number of ether oxygens (including phenoxy) is 1. The summed E-state index contributed by atoms with van der Waals surface area (Å²) in [6.45, 7) is 4.64. The van der Waals surface area contributed by atoms with Crippen molar-refractivity contribution in [2.45, 2.75) is 39.0 Å². The molecule has 0 aromatic heterocycles. The second-order valence-corrected chi connectivity index (χ2v) is 9.16. The monoisotopic (exact) mass is 493 g/mol. The summed E-state index contributed by atoms with van der Waals surface area (Å²) < 4.78 is 19.8. The molecule has 0 aliphatic rings. The van der Waals surface area contributed by atoms with Crippen LogP contribution in [-0.4, -0.2) is 37.7 Å².